The zero-order valence-electron chi connectivity index (χ0n) is 10.2. The lowest BCUT2D eigenvalue weighted by atomic mass is 10.1. The Kier molecular flexibility index (Phi) is 3.91. The second-order valence-electron chi connectivity index (χ2n) is 4.85. The van der Waals surface area contributed by atoms with Crippen molar-refractivity contribution >= 4 is 0 Å². The van der Waals surface area contributed by atoms with Crippen molar-refractivity contribution in [1.82, 2.24) is 15.2 Å². The van der Waals surface area contributed by atoms with Crippen LogP contribution in [0.1, 0.15) is 18.2 Å². The number of rotatable bonds is 2. The van der Waals surface area contributed by atoms with Crippen LogP contribution in [0.15, 0.2) is 18.3 Å². The summed E-state index contributed by atoms with van der Waals surface area (Å²) in [7, 11) is 0. The first-order chi connectivity index (χ1) is 7.74. The molecule has 16 heavy (non-hydrogen) atoms. The van der Waals surface area contributed by atoms with Crippen molar-refractivity contribution in [3.63, 3.8) is 0 Å². The van der Waals surface area contributed by atoms with Crippen molar-refractivity contribution in [1.29, 1.82) is 0 Å². The molecular weight excluding hydrogens is 198 g/mol. The molecule has 1 atom stereocenters. The lowest BCUT2D eigenvalue weighted by Gasteiger charge is -2.21. The Labute approximate surface area is 97.9 Å². The summed E-state index contributed by atoms with van der Waals surface area (Å²) in [5, 5.41) is 3.46. The maximum atomic E-state index is 4.34. The molecule has 1 aromatic rings. The Morgan fingerprint density at radius 3 is 3.12 bits per heavy atom. The Morgan fingerprint density at radius 1 is 1.50 bits per heavy atom. The average Bonchev–Trinajstić information content (AvgIpc) is 2.46. The summed E-state index contributed by atoms with van der Waals surface area (Å²) in [5.74, 6) is 0.737. The average molecular weight is 219 g/mol. The SMILES string of the molecule is Cc1ccc(CN2CCNCC(C)C2)cn1. The van der Waals surface area contributed by atoms with E-state index in [2.05, 4.69) is 34.3 Å². The van der Waals surface area contributed by atoms with Crippen LogP contribution >= 0.6 is 0 Å². The molecule has 0 spiro atoms. The third-order valence-corrected chi connectivity index (χ3v) is 3.05. The number of nitrogens with zero attached hydrogens (tertiary/aromatic N) is 2. The van der Waals surface area contributed by atoms with Gasteiger partial charge in [0.1, 0.15) is 0 Å². The van der Waals surface area contributed by atoms with Gasteiger partial charge >= 0.3 is 0 Å². The molecule has 0 amide bonds. The molecule has 2 heterocycles. The van der Waals surface area contributed by atoms with Crippen LogP contribution in [0.5, 0.6) is 0 Å². The van der Waals surface area contributed by atoms with E-state index in [1.165, 1.54) is 12.1 Å². The van der Waals surface area contributed by atoms with Gasteiger partial charge in [0.05, 0.1) is 0 Å². The van der Waals surface area contributed by atoms with Crippen LogP contribution in [-0.4, -0.2) is 36.1 Å². The summed E-state index contributed by atoms with van der Waals surface area (Å²) in [5.41, 5.74) is 2.41. The van der Waals surface area contributed by atoms with Gasteiger partial charge in [-0.25, -0.2) is 0 Å². The van der Waals surface area contributed by atoms with Crippen LogP contribution in [0.3, 0.4) is 0 Å². The molecule has 1 aliphatic rings. The second kappa shape index (κ2) is 5.41. The summed E-state index contributed by atoms with van der Waals surface area (Å²) in [4.78, 5) is 6.86. The number of hydrogen-bond acceptors (Lipinski definition) is 3. The van der Waals surface area contributed by atoms with Crippen LogP contribution < -0.4 is 5.32 Å². The Bertz CT molecular complexity index is 320. The van der Waals surface area contributed by atoms with E-state index >= 15 is 0 Å². The third-order valence-electron chi connectivity index (χ3n) is 3.05. The standard InChI is InChI=1S/C13H21N3/c1-11-7-14-5-6-16(9-11)10-13-4-3-12(2)15-8-13/h3-4,8,11,14H,5-7,9-10H2,1-2H3. The quantitative estimate of drug-likeness (QED) is 0.815. The van der Waals surface area contributed by atoms with E-state index in [4.69, 9.17) is 0 Å². The predicted molar refractivity (Wildman–Crippen MR) is 66.3 cm³/mol. The van der Waals surface area contributed by atoms with Gasteiger partial charge < -0.3 is 5.32 Å². The first kappa shape index (κ1) is 11.6. The van der Waals surface area contributed by atoms with E-state index in [1.807, 2.05) is 13.1 Å². The first-order valence-electron chi connectivity index (χ1n) is 6.08. The molecule has 2 rings (SSSR count). The van der Waals surface area contributed by atoms with E-state index < -0.39 is 0 Å². The molecule has 0 bridgehead atoms. The molecule has 1 N–H and O–H groups in total. The van der Waals surface area contributed by atoms with Gasteiger partial charge in [-0.2, -0.15) is 0 Å². The molecule has 1 saturated heterocycles. The number of nitrogens with one attached hydrogen (secondary N) is 1. The molecule has 1 fully saturated rings. The fourth-order valence-corrected chi connectivity index (χ4v) is 2.18. The highest BCUT2D eigenvalue weighted by atomic mass is 15.2. The molecule has 0 aromatic carbocycles. The van der Waals surface area contributed by atoms with Crippen LogP contribution in [0, 0.1) is 12.8 Å². The monoisotopic (exact) mass is 219 g/mol. The van der Waals surface area contributed by atoms with Gasteiger partial charge in [0.15, 0.2) is 0 Å². The number of hydrogen-bond donors (Lipinski definition) is 1. The zero-order chi connectivity index (χ0) is 11.4. The Balaban J connectivity index is 1.95. The van der Waals surface area contributed by atoms with Crippen molar-refractivity contribution in [3.8, 4) is 0 Å². The van der Waals surface area contributed by atoms with E-state index in [0.29, 0.717) is 0 Å². The maximum absolute atomic E-state index is 4.34. The third kappa shape index (κ3) is 3.29. The highest BCUT2D eigenvalue weighted by Crippen LogP contribution is 2.08. The lowest BCUT2D eigenvalue weighted by Crippen LogP contribution is -2.28. The summed E-state index contributed by atoms with van der Waals surface area (Å²) >= 11 is 0. The molecule has 1 aromatic heterocycles. The summed E-state index contributed by atoms with van der Waals surface area (Å²) in [6.45, 7) is 9.92. The maximum Gasteiger partial charge on any atom is 0.0372 e. The predicted octanol–water partition coefficient (Wildman–Crippen LogP) is 1.43. The fourth-order valence-electron chi connectivity index (χ4n) is 2.18. The smallest absolute Gasteiger partial charge is 0.0372 e. The van der Waals surface area contributed by atoms with Crippen molar-refractivity contribution < 1.29 is 0 Å². The molecule has 1 aliphatic heterocycles. The van der Waals surface area contributed by atoms with Gasteiger partial charge in [0.25, 0.3) is 0 Å². The van der Waals surface area contributed by atoms with Gasteiger partial charge in [-0.1, -0.05) is 13.0 Å². The highest BCUT2D eigenvalue weighted by Gasteiger charge is 2.14. The van der Waals surface area contributed by atoms with Crippen molar-refractivity contribution in [2.24, 2.45) is 5.92 Å². The summed E-state index contributed by atoms with van der Waals surface area (Å²) in [6, 6.07) is 4.28. The summed E-state index contributed by atoms with van der Waals surface area (Å²) in [6.07, 6.45) is 2.00. The first-order valence-corrected chi connectivity index (χ1v) is 6.08. The lowest BCUT2D eigenvalue weighted by molar-refractivity contribution is 0.256. The number of aromatic nitrogens is 1. The van der Waals surface area contributed by atoms with Crippen molar-refractivity contribution in [2.45, 2.75) is 20.4 Å². The molecule has 0 radical (unpaired) electrons. The molecule has 0 saturated carbocycles. The van der Waals surface area contributed by atoms with E-state index in [-0.39, 0.29) is 0 Å². The Morgan fingerprint density at radius 2 is 2.38 bits per heavy atom. The topological polar surface area (TPSA) is 28.2 Å². The molecule has 0 aliphatic carbocycles. The highest BCUT2D eigenvalue weighted by molar-refractivity contribution is 5.13. The molecule has 88 valence electrons. The molecular formula is C13H21N3. The van der Waals surface area contributed by atoms with Gasteiger partial charge in [0, 0.05) is 38.1 Å². The fraction of sp³-hybridized carbons (Fsp3) is 0.615. The minimum atomic E-state index is 0.737. The van der Waals surface area contributed by atoms with Gasteiger partial charge in [-0.15, -0.1) is 0 Å². The van der Waals surface area contributed by atoms with E-state index in [9.17, 15) is 0 Å². The summed E-state index contributed by atoms with van der Waals surface area (Å²) < 4.78 is 0. The van der Waals surface area contributed by atoms with Crippen LogP contribution in [0.2, 0.25) is 0 Å². The van der Waals surface area contributed by atoms with Crippen molar-refractivity contribution in [2.75, 3.05) is 26.2 Å². The second-order valence-corrected chi connectivity index (χ2v) is 4.85. The van der Waals surface area contributed by atoms with Crippen LogP contribution in [0.4, 0.5) is 0 Å². The molecule has 1 unspecified atom stereocenters. The molecule has 3 heteroatoms. The zero-order valence-corrected chi connectivity index (χ0v) is 10.2. The van der Waals surface area contributed by atoms with Gasteiger partial charge in [-0.05, 0) is 31.0 Å². The van der Waals surface area contributed by atoms with Gasteiger partial charge in [-0.3, -0.25) is 9.88 Å². The largest absolute Gasteiger partial charge is 0.315 e. The minimum Gasteiger partial charge on any atom is -0.315 e. The molecule has 3 nitrogen and oxygen atoms in total. The van der Waals surface area contributed by atoms with E-state index in [1.54, 1.807) is 0 Å². The van der Waals surface area contributed by atoms with E-state index in [0.717, 1.165) is 37.8 Å². The normalized spacial score (nSPS) is 23.0. The number of pyridine rings is 1. The van der Waals surface area contributed by atoms with Crippen molar-refractivity contribution in [3.05, 3.63) is 29.6 Å². The minimum absolute atomic E-state index is 0.737. The van der Waals surface area contributed by atoms with Crippen LogP contribution in [0.25, 0.3) is 0 Å². The van der Waals surface area contributed by atoms with Crippen LogP contribution in [-0.2, 0) is 6.54 Å². The number of aryl methyl sites for hydroxylation is 1. The van der Waals surface area contributed by atoms with Gasteiger partial charge in [0.2, 0.25) is 0 Å². The Hall–Kier alpha value is -0.930.